The lowest BCUT2D eigenvalue weighted by Gasteiger charge is -2.16. The molecular weight excluding hydrogens is 226 g/mol. The number of carbonyl (C=O) groups is 1. The summed E-state index contributed by atoms with van der Waals surface area (Å²) in [4.78, 5) is 11.2. The quantitative estimate of drug-likeness (QED) is 0.708. The van der Waals surface area contributed by atoms with Crippen LogP contribution in [-0.2, 0) is 14.6 Å². The Balaban J connectivity index is 4.69. The van der Waals surface area contributed by atoms with Crippen molar-refractivity contribution in [1.29, 1.82) is 0 Å². The van der Waals surface area contributed by atoms with Crippen molar-refractivity contribution in [1.82, 2.24) is 0 Å². The molecule has 0 bridgehead atoms. The Morgan fingerprint density at radius 3 is 2.25 bits per heavy atom. The molecule has 0 aromatic rings. The van der Waals surface area contributed by atoms with E-state index in [1.54, 1.807) is 0 Å². The maximum Gasteiger partial charge on any atom is 0.235 e. The molecule has 1 amide bonds. The highest BCUT2D eigenvalue weighted by Gasteiger charge is 2.30. The predicted molar refractivity (Wildman–Crippen MR) is 65.7 cm³/mol. The fourth-order valence-corrected chi connectivity index (χ4v) is 3.66. The highest BCUT2D eigenvalue weighted by molar-refractivity contribution is 7.92. The predicted octanol–water partition coefficient (Wildman–Crippen LogP) is 1.49. The van der Waals surface area contributed by atoms with Gasteiger partial charge < -0.3 is 5.73 Å². The third kappa shape index (κ3) is 4.96. The van der Waals surface area contributed by atoms with Crippen LogP contribution in [0.3, 0.4) is 0 Å². The number of unbranched alkanes of at least 4 members (excludes halogenated alkanes) is 1. The van der Waals surface area contributed by atoms with E-state index in [4.69, 9.17) is 5.73 Å². The Bertz CT molecular complexity index is 311. The first-order valence-electron chi connectivity index (χ1n) is 5.86. The van der Waals surface area contributed by atoms with Crippen molar-refractivity contribution < 1.29 is 13.2 Å². The molecule has 2 unspecified atom stereocenters. The van der Waals surface area contributed by atoms with E-state index in [-0.39, 0.29) is 11.7 Å². The summed E-state index contributed by atoms with van der Waals surface area (Å²) < 4.78 is 23.9. The largest absolute Gasteiger partial charge is 0.369 e. The van der Waals surface area contributed by atoms with Gasteiger partial charge in [0.2, 0.25) is 5.91 Å². The fraction of sp³-hybridized carbons (Fsp3) is 0.909. The Morgan fingerprint density at radius 1 is 1.31 bits per heavy atom. The van der Waals surface area contributed by atoms with Gasteiger partial charge in [0.1, 0.15) is 5.25 Å². The summed E-state index contributed by atoms with van der Waals surface area (Å²) in [6.07, 6.45) is 2.72. The molecular formula is C11H23NO3S. The van der Waals surface area contributed by atoms with Gasteiger partial charge >= 0.3 is 0 Å². The van der Waals surface area contributed by atoms with Crippen LogP contribution in [0.5, 0.6) is 0 Å². The minimum Gasteiger partial charge on any atom is -0.369 e. The molecule has 5 heteroatoms. The molecule has 0 aromatic heterocycles. The molecule has 0 rings (SSSR count). The van der Waals surface area contributed by atoms with Crippen LogP contribution in [0.2, 0.25) is 0 Å². The zero-order chi connectivity index (χ0) is 12.8. The van der Waals surface area contributed by atoms with E-state index < -0.39 is 21.0 Å². The van der Waals surface area contributed by atoms with Crippen LogP contribution in [-0.4, -0.2) is 25.3 Å². The number of nitrogens with two attached hydrogens (primary N) is 1. The number of amides is 1. The van der Waals surface area contributed by atoms with Crippen LogP contribution < -0.4 is 5.73 Å². The van der Waals surface area contributed by atoms with Crippen molar-refractivity contribution in [2.45, 2.75) is 51.7 Å². The van der Waals surface area contributed by atoms with Gasteiger partial charge in [0, 0.05) is 0 Å². The minimum absolute atomic E-state index is 0.0564. The highest BCUT2D eigenvalue weighted by Crippen LogP contribution is 2.15. The van der Waals surface area contributed by atoms with Gasteiger partial charge in [0.05, 0.1) is 5.75 Å². The summed E-state index contributed by atoms with van der Waals surface area (Å²) in [5.41, 5.74) is 5.16. The first kappa shape index (κ1) is 15.4. The number of carbonyl (C=O) groups excluding carboxylic acids is 1. The first-order chi connectivity index (χ1) is 7.35. The maximum absolute atomic E-state index is 11.9. The third-order valence-electron chi connectivity index (χ3n) is 2.78. The lowest BCUT2D eigenvalue weighted by atomic mass is 10.2. The zero-order valence-corrected chi connectivity index (χ0v) is 11.2. The van der Waals surface area contributed by atoms with Gasteiger partial charge in [0.15, 0.2) is 9.84 Å². The van der Waals surface area contributed by atoms with E-state index in [2.05, 4.69) is 0 Å². The lowest BCUT2D eigenvalue weighted by molar-refractivity contribution is -0.117. The van der Waals surface area contributed by atoms with E-state index in [0.717, 1.165) is 12.8 Å². The van der Waals surface area contributed by atoms with E-state index in [9.17, 15) is 13.2 Å². The third-order valence-corrected chi connectivity index (χ3v) is 5.15. The van der Waals surface area contributed by atoms with Crippen molar-refractivity contribution >= 4 is 15.7 Å². The molecule has 0 aliphatic heterocycles. The smallest absolute Gasteiger partial charge is 0.235 e. The minimum atomic E-state index is -3.38. The average Bonchev–Trinajstić information content (AvgIpc) is 2.16. The Kier molecular flexibility index (Phi) is 6.64. The van der Waals surface area contributed by atoms with Gasteiger partial charge in [-0.3, -0.25) is 4.79 Å². The standard InChI is InChI=1S/C11H23NO3S/c1-4-6-7-10(11(12)13)16(14,15)8-9(3)5-2/h9-10H,4-8H2,1-3H3,(H2,12,13). The number of hydrogen-bond acceptors (Lipinski definition) is 3. The molecule has 0 fully saturated rings. The number of rotatable bonds is 8. The Morgan fingerprint density at radius 2 is 1.88 bits per heavy atom. The fourth-order valence-electron chi connectivity index (χ4n) is 1.52. The van der Waals surface area contributed by atoms with Crippen LogP contribution in [0.25, 0.3) is 0 Å². The van der Waals surface area contributed by atoms with Crippen molar-refractivity contribution in [2.24, 2.45) is 11.7 Å². The van der Waals surface area contributed by atoms with Gasteiger partial charge in [-0.05, 0) is 12.3 Å². The molecule has 96 valence electrons. The number of hydrogen-bond donors (Lipinski definition) is 1. The topological polar surface area (TPSA) is 77.2 Å². The van der Waals surface area contributed by atoms with Gasteiger partial charge in [-0.1, -0.05) is 40.0 Å². The molecule has 2 atom stereocenters. The molecule has 0 heterocycles. The molecule has 2 N–H and O–H groups in total. The molecule has 0 spiro atoms. The second-order valence-electron chi connectivity index (χ2n) is 4.38. The molecule has 0 radical (unpaired) electrons. The van der Waals surface area contributed by atoms with Crippen LogP contribution >= 0.6 is 0 Å². The van der Waals surface area contributed by atoms with Crippen LogP contribution in [0, 0.1) is 5.92 Å². The van der Waals surface area contributed by atoms with Gasteiger partial charge in [0.25, 0.3) is 0 Å². The molecule has 4 nitrogen and oxygen atoms in total. The van der Waals surface area contributed by atoms with Crippen LogP contribution in [0.1, 0.15) is 46.5 Å². The van der Waals surface area contributed by atoms with Crippen LogP contribution in [0.15, 0.2) is 0 Å². The summed E-state index contributed by atoms with van der Waals surface area (Å²) >= 11 is 0. The Labute approximate surface area is 98.5 Å². The first-order valence-corrected chi connectivity index (χ1v) is 7.57. The monoisotopic (exact) mass is 249 g/mol. The number of primary amides is 1. The van der Waals surface area contributed by atoms with Gasteiger partial charge in [-0.15, -0.1) is 0 Å². The average molecular weight is 249 g/mol. The Hall–Kier alpha value is -0.580. The molecule has 0 aliphatic rings. The maximum atomic E-state index is 11.9. The summed E-state index contributed by atoms with van der Waals surface area (Å²) in [5, 5.41) is -0.999. The molecule has 0 aromatic carbocycles. The normalized spacial score (nSPS) is 15.7. The lowest BCUT2D eigenvalue weighted by Crippen LogP contribution is -2.38. The molecule has 0 saturated carbocycles. The van der Waals surface area contributed by atoms with E-state index in [1.165, 1.54) is 0 Å². The van der Waals surface area contributed by atoms with E-state index >= 15 is 0 Å². The summed E-state index contributed by atoms with van der Waals surface area (Å²) in [7, 11) is -3.38. The van der Waals surface area contributed by atoms with Crippen LogP contribution in [0.4, 0.5) is 0 Å². The number of sulfone groups is 1. The van der Waals surface area contributed by atoms with Crippen molar-refractivity contribution in [3.63, 3.8) is 0 Å². The van der Waals surface area contributed by atoms with Gasteiger partial charge in [-0.2, -0.15) is 0 Å². The van der Waals surface area contributed by atoms with Crippen molar-refractivity contribution in [2.75, 3.05) is 5.75 Å². The van der Waals surface area contributed by atoms with E-state index in [0.29, 0.717) is 12.8 Å². The SMILES string of the molecule is CCCCC(C(N)=O)S(=O)(=O)CC(C)CC. The van der Waals surface area contributed by atoms with E-state index in [1.807, 2.05) is 20.8 Å². The summed E-state index contributed by atoms with van der Waals surface area (Å²) in [6, 6.07) is 0. The zero-order valence-electron chi connectivity index (χ0n) is 10.4. The van der Waals surface area contributed by atoms with Gasteiger partial charge in [-0.25, -0.2) is 8.42 Å². The second kappa shape index (κ2) is 6.89. The second-order valence-corrected chi connectivity index (χ2v) is 6.60. The summed E-state index contributed by atoms with van der Waals surface area (Å²) in [6.45, 7) is 5.76. The molecule has 16 heavy (non-hydrogen) atoms. The molecule has 0 aliphatic carbocycles. The highest BCUT2D eigenvalue weighted by atomic mass is 32.2. The summed E-state index contributed by atoms with van der Waals surface area (Å²) in [5.74, 6) is -0.578. The van der Waals surface area contributed by atoms with Crippen molar-refractivity contribution in [3.8, 4) is 0 Å². The molecule has 0 saturated heterocycles. The van der Waals surface area contributed by atoms with Crippen molar-refractivity contribution in [3.05, 3.63) is 0 Å².